The number of hydrogen-bond donors (Lipinski definition) is 2. The third-order valence-electron chi connectivity index (χ3n) is 8.75. The van der Waals surface area contributed by atoms with Crippen LogP contribution in [-0.2, 0) is 28.0 Å². The summed E-state index contributed by atoms with van der Waals surface area (Å²) in [5.74, 6) is 1.31. The van der Waals surface area contributed by atoms with Gasteiger partial charge in [0.25, 0.3) is 0 Å². The van der Waals surface area contributed by atoms with E-state index in [9.17, 15) is 9.90 Å². The number of aromatic nitrogens is 1. The van der Waals surface area contributed by atoms with Gasteiger partial charge in [0.15, 0.2) is 0 Å². The van der Waals surface area contributed by atoms with Gasteiger partial charge in [-0.2, -0.15) is 0 Å². The van der Waals surface area contributed by atoms with Gasteiger partial charge < -0.3 is 19.9 Å². The van der Waals surface area contributed by atoms with Gasteiger partial charge in [0, 0.05) is 23.0 Å². The highest BCUT2D eigenvalue weighted by molar-refractivity contribution is 6.30. The molecule has 0 unspecified atom stereocenters. The number of rotatable bonds is 9. The lowest BCUT2D eigenvalue weighted by Crippen LogP contribution is -2.53. The summed E-state index contributed by atoms with van der Waals surface area (Å²) in [7, 11) is 1.47. The maximum atomic E-state index is 13.2. The Kier molecular flexibility index (Phi) is 8.15. The number of nitrogens with zero attached hydrogens (tertiary/aromatic N) is 1. The molecule has 1 spiro atoms. The molecule has 39 heavy (non-hydrogen) atoms. The fourth-order valence-corrected chi connectivity index (χ4v) is 7.01. The molecule has 0 amide bonds. The lowest BCUT2D eigenvalue weighted by molar-refractivity contribution is -0.148. The number of aliphatic hydroxyl groups is 1. The number of ether oxygens (including phenoxy) is 2. The van der Waals surface area contributed by atoms with E-state index in [1.165, 1.54) is 18.2 Å². The molecule has 5 rings (SSSR count). The molecule has 0 aliphatic heterocycles. The van der Waals surface area contributed by atoms with Crippen LogP contribution in [0.15, 0.2) is 66.9 Å². The van der Waals surface area contributed by atoms with E-state index in [0.717, 1.165) is 37.1 Å². The van der Waals surface area contributed by atoms with Crippen molar-refractivity contribution in [2.24, 2.45) is 11.8 Å². The smallest absolute Gasteiger partial charge is 0.331 e. The van der Waals surface area contributed by atoms with Crippen LogP contribution in [0.25, 0.3) is 0 Å². The van der Waals surface area contributed by atoms with Gasteiger partial charge in [-0.1, -0.05) is 48.9 Å². The van der Waals surface area contributed by atoms with Crippen LogP contribution < -0.4 is 10.1 Å². The molecule has 1 aromatic heterocycles. The van der Waals surface area contributed by atoms with Gasteiger partial charge in [-0.15, -0.1) is 0 Å². The van der Waals surface area contributed by atoms with Crippen LogP contribution in [0.5, 0.6) is 5.75 Å². The molecule has 0 radical (unpaired) electrons. The second-order valence-electron chi connectivity index (χ2n) is 11.2. The molecule has 0 bridgehead atoms. The molecule has 2 aromatic carbocycles. The number of aliphatic hydroxyl groups excluding tert-OH is 1. The predicted octanol–water partition coefficient (Wildman–Crippen LogP) is 6.34. The Morgan fingerprint density at radius 2 is 1.92 bits per heavy atom. The molecule has 3 aromatic rings. The predicted molar refractivity (Wildman–Crippen MR) is 153 cm³/mol. The lowest BCUT2D eigenvalue weighted by Gasteiger charge is -2.47. The average molecular weight is 549 g/mol. The molecule has 2 aliphatic rings. The van der Waals surface area contributed by atoms with Crippen molar-refractivity contribution in [3.8, 4) is 5.75 Å². The Labute approximate surface area is 235 Å². The zero-order valence-corrected chi connectivity index (χ0v) is 23.4. The Morgan fingerprint density at radius 1 is 1.13 bits per heavy atom. The van der Waals surface area contributed by atoms with Crippen molar-refractivity contribution < 1.29 is 19.4 Å². The molecule has 0 saturated heterocycles. The molecule has 1 saturated carbocycles. The standard InChI is InChI=1S/C32H37ClN2O4/c1-22(21-39-28-10-15-34-27(19-28)20-36)16-24-17-23-6-3-4-9-29(23)31(24)11-13-32(14-12-31,30(37)38-2)35-26-8-5-7-25(33)18-26/h3-10,15,18-19,22,24,35-36H,11-14,16-17,20-21H2,1-2H3/t22-,24+,31?,32?/m1/s1. The van der Waals surface area contributed by atoms with E-state index < -0.39 is 5.54 Å². The number of methoxy groups -OCH3 is 1. The second-order valence-corrected chi connectivity index (χ2v) is 11.7. The van der Waals surface area contributed by atoms with Gasteiger partial charge in [-0.3, -0.25) is 4.98 Å². The van der Waals surface area contributed by atoms with Crippen LogP contribution in [0, 0.1) is 11.8 Å². The maximum absolute atomic E-state index is 13.2. The van der Waals surface area contributed by atoms with Crippen molar-refractivity contribution in [2.45, 2.75) is 63.0 Å². The van der Waals surface area contributed by atoms with Crippen molar-refractivity contribution in [3.05, 3.63) is 88.7 Å². The second kappa shape index (κ2) is 11.6. The molecular formula is C32H37ClN2O4. The monoisotopic (exact) mass is 548 g/mol. The fraction of sp³-hybridized carbons (Fsp3) is 0.438. The van der Waals surface area contributed by atoms with Gasteiger partial charge in [-0.25, -0.2) is 4.79 Å². The normalized spacial score (nSPS) is 24.7. The third-order valence-corrected chi connectivity index (χ3v) is 8.99. The summed E-state index contributed by atoms with van der Waals surface area (Å²) in [4.78, 5) is 17.3. The first-order valence-electron chi connectivity index (χ1n) is 13.8. The molecular weight excluding hydrogens is 512 g/mol. The van der Waals surface area contributed by atoms with Crippen LogP contribution in [0.3, 0.4) is 0 Å². The van der Waals surface area contributed by atoms with Crippen molar-refractivity contribution in [1.82, 2.24) is 4.98 Å². The van der Waals surface area contributed by atoms with E-state index in [2.05, 4.69) is 41.5 Å². The van der Waals surface area contributed by atoms with Crippen molar-refractivity contribution in [1.29, 1.82) is 0 Å². The molecule has 206 valence electrons. The van der Waals surface area contributed by atoms with Gasteiger partial charge in [0.2, 0.25) is 0 Å². The molecule has 6 nitrogen and oxygen atoms in total. The molecule has 2 atom stereocenters. The van der Waals surface area contributed by atoms with E-state index in [1.807, 2.05) is 30.3 Å². The first-order chi connectivity index (χ1) is 18.9. The number of benzene rings is 2. The highest BCUT2D eigenvalue weighted by Gasteiger charge is 2.54. The summed E-state index contributed by atoms with van der Waals surface area (Å²) < 4.78 is 11.4. The van der Waals surface area contributed by atoms with Crippen LogP contribution in [0.4, 0.5) is 5.69 Å². The number of nitrogens with one attached hydrogen (secondary N) is 1. The highest BCUT2D eigenvalue weighted by Crippen LogP contribution is 2.56. The number of carbonyl (C=O) groups is 1. The van der Waals surface area contributed by atoms with Gasteiger partial charge in [-0.05, 0) is 91.2 Å². The molecule has 2 aliphatic carbocycles. The first kappa shape index (κ1) is 27.5. The quantitative estimate of drug-likeness (QED) is 0.304. The Morgan fingerprint density at radius 3 is 2.67 bits per heavy atom. The van der Waals surface area contributed by atoms with Gasteiger partial charge in [0.05, 0.1) is 26.0 Å². The Balaban J connectivity index is 1.34. The lowest BCUT2D eigenvalue weighted by atomic mass is 9.59. The van der Waals surface area contributed by atoms with E-state index in [0.29, 0.717) is 42.0 Å². The van der Waals surface area contributed by atoms with Crippen LogP contribution in [0.1, 0.15) is 55.8 Å². The van der Waals surface area contributed by atoms with Gasteiger partial charge >= 0.3 is 5.97 Å². The van der Waals surface area contributed by atoms with E-state index in [4.69, 9.17) is 21.1 Å². The summed E-state index contributed by atoms with van der Waals surface area (Å²) in [6, 6.07) is 20.0. The average Bonchev–Trinajstić information content (AvgIpc) is 3.25. The van der Waals surface area contributed by atoms with Crippen LogP contribution in [0.2, 0.25) is 5.02 Å². The summed E-state index contributed by atoms with van der Waals surface area (Å²) >= 11 is 6.24. The highest BCUT2D eigenvalue weighted by atomic mass is 35.5. The minimum Gasteiger partial charge on any atom is -0.493 e. The maximum Gasteiger partial charge on any atom is 0.331 e. The number of carbonyl (C=O) groups excluding carboxylic acids is 1. The van der Waals surface area contributed by atoms with E-state index in [-0.39, 0.29) is 18.0 Å². The minimum absolute atomic E-state index is 0.0130. The largest absolute Gasteiger partial charge is 0.493 e. The SMILES string of the molecule is COC(=O)C1(Nc2cccc(Cl)c2)CCC2(CC1)c1ccccc1C[C@@H]2C[C@@H](C)COc1ccnc(CO)c1. The number of hydrogen-bond acceptors (Lipinski definition) is 6. The zero-order valence-electron chi connectivity index (χ0n) is 22.7. The third kappa shape index (κ3) is 5.64. The van der Waals surface area contributed by atoms with Crippen molar-refractivity contribution >= 4 is 23.3 Å². The van der Waals surface area contributed by atoms with Crippen molar-refractivity contribution in [2.75, 3.05) is 19.0 Å². The Hall–Kier alpha value is -3.09. The number of fused-ring (bicyclic) bond motifs is 2. The summed E-state index contributed by atoms with van der Waals surface area (Å²) in [5.41, 5.74) is 3.52. The summed E-state index contributed by atoms with van der Waals surface area (Å²) in [5, 5.41) is 13.5. The summed E-state index contributed by atoms with van der Waals surface area (Å²) in [6.07, 6.45) is 6.90. The van der Waals surface area contributed by atoms with Crippen LogP contribution in [-0.4, -0.2) is 35.3 Å². The number of pyridine rings is 1. The Bertz CT molecular complexity index is 1300. The number of esters is 1. The summed E-state index contributed by atoms with van der Waals surface area (Å²) in [6.45, 7) is 2.74. The fourth-order valence-electron chi connectivity index (χ4n) is 6.82. The first-order valence-corrected chi connectivity index (χ1v) is 14.1. The number of anilines is 1. The van der Waals surface area contributed by atoms with Crippen LogP contribution >= 0.6 is 11.6 Å². The molecule has 1 heterocycles. The van der Waals surface area contributed by atoms with Crippen molar-refractivity contribution in [3.63, 3.8) is 0 Å². The molecule has 7 heteroatoms. The molecule has 1 fully saturated rings. The number of halogens is 1. The topological polar surface area (TPSA) is 80.7 Å². The van der Waals surface area contributed by atoms with E-state index in [1.54, 1.807) is 12.3 Å². The molecule has 2 N–H and O–H groups in total. The van der Waals surface area contributed by atoms with Gasteiger partial charge in [0.1, 0.15) is 11.3 Å². The minimum atomic E-state index is -0.784. The zero-order chi connectivity index (χ0) is 27.5. The van der Waals surface area contributed by atoms with E-state index >= 15 is 0 Å².